The number of nitrogens with zero attached hydrogens (tertiary/aromatic N) is 4. The molecule has 0 fully saturated rings. The van der Waals surface area contributed by atoms with Gasteiger partial charge in [-0.25, -0.2) is 4.68 Å². The third-order valence-electron chi connectivity index (χ3n) is 1.53. The van der Waals surface area contributed by atoms with Gasteiger partial charge in [-0.2, -0.15) is 0 Å². The number of methoxy groups -OCH3 is 2. The summed E-state index contributed by atoms with van der Waals surface area (Å²) < 4.78 is 11.7. The van der Waals surface area contributed by atoms with Crippen LogP contribution in [0.15, 0.2) is 5.16 Å². The van der Waals surface area contributed by atoms with E-state index in [9.17, 15) is 0 Å². The summed E-state index contributed by atoms with van der Waals surface area (Å²) in [5.74, 6) is 0. The molecule has 0 aliphatic heterocycles. The molecule has 1 heterocycles. The van der Waals surface area contributed by atoms with E-state index in [-0.39, 0.29) is 6.29 Å². The quantitative estimate of drug-likeness (QED) is 0.497. The third kappa shape index (κ3) is 2.64. The van der Waals surface area contributed by atoms with Crippen LogP contribution >= 0.6 is 11.8 Å². The summed E-state index contributed by atoms with van der Waals surface area (Å²) in [6, 6.07) is 0. The van der Waals surface area contributed by atoms with Crippen LogP contribution < -0.4 is 0 Å². The molecule has 74 valence electrons. The van der Waals surface area contributed by atoms with Crippen molar-refractivity contribution in [2.45, 2.75) is 18.0 Å². The maximum atomic E-state index is 5.02. The van der Waals surface area contributed by atoms with Crippen molar-refractivity contribution in [1.29, 1.82) is 0 Å². The molecule has 6 nitrogen and oxygen atoms in total. The molecule has 1 aromatic heterocycles. The predicted molar refractivity (Wildman–Crippen MR) is 47.4 cm³/mol. The monoisotopic (exact) mass is 204 g/mol. The highest BCUT2D eigenvalue weighted by Crippen LogP contribution is 2.09. The van der Waals surface area contributed by atoms with Crippen molar-refractivity contribution in [3.63, 3.8) is 0 Å². The van der Waals surface area contributed by atoms with Crippen LogP contribution in [-0.2, 0) is 16.0 Å². The number of rotatable bonds is 5. The van der Waals surface area contributed by atoms with Crippen LogP contribution in [-0.4, -0.2) is 47.0 Å². The summed E-state index contributed by atoms with van der Waals surface area (Å²) in [6.07, 6.45) is 1.60. The second-order valence-corrected chi connectivity index (χ2v) is 3.02. The Kier molecular flexibility index (Phi) is 4.13. The van der Waals surface area contributed by atoms with E-state index in [2.05, 4.69) is 15.5 Å². The number of tetrazole rings is 1. The van der Waals surface area contributed by atoms with Gasteiger partial charge in [0.25, 0.3) is 0 Å². The van der Waals surface area contributed by atoms with Gasteiger partial charge >= 0.3 is 0 Å². The van der Waals surface area contributed by atoms with E-state index in [0.717, 1.165) is 5.16 Å². The van der Waals surface area contributed by atoms with Gasteiger partial charge in [0.1, 0.15) is 0 Å². The van der Waals surface area contributed by atoms with Gasteiger partial charge in [0.15, 0.2) is 6.29 Å². The maximum Gasteiger partial charge on any atom is 0.209 e. The zero-order chi connectivity index (χ0) is 9.68. The highest BCUT2D eigenvalue weighted by atomic mass is 32.2. The molecule has 0 amide bonds. The van der Waals surface area contributed by atoms with Crippen molar-refractivity contribution in [2.24, 2.45) is 0 Å². The van der Waals surface area contributed by atoms with Gasteiger partial charge in [-0.05, 0) is 16.7 Å². The van der Waals surface area contributed by atoms with Crippen LogP contribution in [0.25, 0.3) is 0 Å². The zero-order valence-corrected chi connectivity index (χ0v) is 8.61. The molecule has 1 aromatic rings. The lowest BCUT2D eigenvalue weighted by Gasteiger charge is -2.12. The maximum absolute atomic E-state index is 5.02. The lowest BCUT2D eigenvalue weighted by atomic mass is 10.6. The van der Waals surface area contributed by atoms with Crippen molar-refractivity contribution in [1.82, 2.24) is 20.2 Å². The highest BCUT2D eigenvalue weighted by Gasteiger charge is 2.11. The molecular formula is C6H12N4O2S. The molecule has 0 aromatic carbocycles. The van der Waals surface area contributed by atoms with Gasteiger partial charge in [-0.1, -0.05) is 11.8 Å². The van der Waals surface area contributed by atoms with Gasteiger partial charge < -0.3 is 9.47 Å². The highest BCUT2D eigenvalue weighted by molar-refractivity contribution is 7.98. The van der Waals surface area contributed by atoms with Crippen molar-refractivity contribution in [2.75, 3.05) is 20.5 Å². The number of hydrogen-bond acceptors (Lipinski definition) is 6. The standard InChI is InChI=1S/C6H12N4O2S/c1-11-5(12-2)4-10-6(13-3)7-8-9-10/h5H,4H2,1-3H3. The van der Waals surface area contributed by atoms with Crippen molar-refractivity contribution >= 4 is 11.8 Å². The predicted octanol–water partition coefficient (Wildman–Crippen LogP) is 0.0139. The summed E-state index contributed by atoms with van der Waals surface area (Å²) in [5.41, 5.74) is 0. The average Bonchev–Trinajstić information content (AvgIpc) is 2.61. The Balaban J connectivity index is 2.61. The van der Waals surface area contributed by atoms with Crippen LogP contribution in [0.2, 0.25) is 0 Å². The molecule has 0 aliphatic carbocycles. The van der Waals surface area contributed by atoms with E-state index in [1.165, 1.54) is 11.8 Å². The average molecular weight is 204 g/mol. The minimum absolute atomic E-state index is 0.311. The number of thioether (sulfide) groups is 1. The van der Waals surface area contributed by atoms with Gasteiger partial charge in [0.2, 0.25) is 5.16 Å². The fourth-order valence-corrected chi connectivity index (χ4v) is 1.28. The molecule has 0 saturated heterocycles. The number of hydrogen-bond donors (Lipinski definition) is 0. The molecule has 0 aliphatic rings. The molecule has 0 saturated carbocycles. The summed E-state index contributed by atoms with van der Waals surface area (Å²) >= 11 is 1.48. The fourth-order valence-electron chi connectivity index (χ4n) is 0.844. The summed E-state index contributed by atoms with van der Waals surface area (Å²) in [6.45, 7) is 0.496. The van der Waals surface area contributed by atoms with Crippen LogP contribution in [0.3, 0.4) is 0 Å². The van der Waals surface area contributed by atoms with E-state index >= 15 is 0 Å². The first-order chi connectivity index (χ1) is 6.31. The minimum Gasteiger partial charge on any atom is -0.354 e. The Bertz CT molecular complexity index is 251. The fraction of sp³-hybridized carbons (Fsp3) is 0.833. The lowest BCUT2D eigenvalue weighted by Crippen LogP contribution is -2.21. The first-order valence-electron chi connectivity index (χ1n) is 3.67. The van der Waals surface area contributed by atoms with Crippen molar-refractivity contribution in [3.05, 3.63) is 0 Å². The summed E-state index contributed by atoms with van der Waals surface area (Å²) in [5, 5.41) is 11.9. The zero-order valence-electron chi connectivity index (χ0n) is 7.80. The first-order valence-corrected chi connectivity index (χ1v) is 4.90. The van der Waals surface area contributed by atoms with Gasteiger partial charge in [0, 0.05) is 14.2 Å². The molecule has 0 N–H and O–H groups in total. The molecule has 0 unspecified atom stereocenters. The van der Waals surface area contributed by atoms with E-state index in [1.54, 1.807) is 18.9 Å². The molecule has 7 heteroatoms. The first kappa shape index (κ1) is 10.4. The molecule has 0 atom stereocenters. The van der Waals surface area contributed by atoms with Crippen LogP contribution in [0.4, 0.5) is 0 Å². The van der Waals surface area contributed by atoms with E-state index in [4.69, 9.17) is 9.47 Å². The molecule has 0 spiro atoms. The van der Waals surface area contributed by atoms with Crippen molar-refractivity contribution < 1.29 is 9.47 Å². The molecule has 13 heavy (non-hydrogen) atoms. The Hall–Kier alpha value is -0.660. The lowest BCUT2D eigenvalue weighted by molar-refractivity contribution is -0.113. The Morgan fingerprint density at radius 2 is 2.15 bits per heavy atom. The van der Waals surface area contributed by atoms with Crippen LogP contribution in [0.5, 0.6) is 0 Å². The second-order valence-electron chi connectivity index (χ2n) is 2.25. The van der Waals surface area contributed by atoms with Crippen LogP contribution in [0.1, 0.15) is 0 Å². The third-order valence-corrected chi connectivity index (χ3v) is 2.19. The van der Waals surface area contributed by atoms with E-state index in [0.29, 0.717) is 6.54 Å². The SMILES string of the molecule is COC(Cn1nnnc1SC)OC. The second kappa shape index (κ2) is 5.15. The Morgan fingerprint density at radius 3 is 2.69 bits per heavy atom. The largest absolute Gasteiger partial charge is 0.354 e. The summed E-state index contributed by atoms with van der Waals surface area (Å²) in [4.78, 5) is 0. The Labute approximate surface area is 80.6 Å². The normalized spacial score (nSPS) is 11.1. The van der Waals surface area contributed by atoms with Crippen LogP contribution in [0, 0.1) is 0 Å². The van der Waals surface area contributed by atoms with E-state index in [1.807, 2.05) is 6.26 Å². The molecule has 0 radical (unpaired) electrons. The molecule has 0 bridgehead atoms. The van der Waals surface area contributed by atoms with E-state index < -0.39 is 0 Å². The van der Waals surface area contributed by atoms with Gasteiger partial charge in [-0.3, -0.25) is 0 Å². The summed E-state index contributed by atoms with van der Waals surface area (Å²) in [7, 11) is 3.16. The number of ether oxygens (including phenoxy) is 2. The Morgan fingerprint density at radius 1 is 1.46 bits per heavy atom. The molecular weight excluding hydrogens is 192 g/mol. The van der Waals surface area contributed by atoms with Crippen molar-refractivity contribution in [3.8, 4) is 0 Å². The number of aromatic nitrogens is 4. The molecule has 1 rings (SSSR count). The van der Waals surface area contributed by atoms with Gasteiger partial charge in [-0.15, -0.1) is 5.10 Å². The minimum atomic E-state index is -0.311. The topological polar surface area (TPSA) is 62.1 Å². The smallest absolute Gasteiger partial charge is 0.209 e. The van der Waals surface area contributed by atoms with Gasteiger partial charge in [0.05, 0.1) is 6.54 Å².